The molecule has 22 heavy (non-hydrogen) atoms. The van der Waals surface area contributed by atoms with Crippen molar-refractivity contribution in [3.63, 3.8) is 0 Å². The van der Waals surface area contributed by atoms with Crippen LogP contribution < -0.4 is 0 Å². The van der Waals surface area contributed by atoms with Gasteiger partial charge in [0.15, 0.2) is 0 Å². The minimum Gasteiger partial charge on any atom is -0.383 e. The molecule has 0 saturated carbocycles. The molecule has 0 radical (unpaired) electrons. The van der Waals surface area contributed by atoms with E-state index in [1.54, 1.807) is 29.0 Å². The molecular weight excluding hydrogens is 306 g/mol. The van der Waals surface area contributed by atoms with Crippen molar-refractivity contribution in [2.45, 2.75) is 12.5 Å². The van der Waals surface area contributed by atoms with Gasteiger partial charge in [0.25, 0.3) is 0 Å². The van der Waals surface area contributed by atoms with E-state index in [1.807, 2.05) is 12.3 Å². The van der Waals surface area contributed by atoms with Crippen LogP contribution in [0, 0.1) is 0 Å². The second-order valence-corrected chi connectivity index (χ2v) is 5.53. The average molecular weight is 322 g/mol. The normalized spacial score (nSPS) is 18.2. The maximum Gasteiger partial charge on any atom is 0.224 e. The summed E-state index contributed by atoms with van der Waals surface area (Å²) < 4.78 is 6.76. The molecule has 0 N–H and O–H groups in total. The quantitative estimate of drug-likeness (QED) is 0.779. The Hall–Kier alpha value is -1.99. The lowest BCUT2D eigenvalue weighted by atomic mass is 10.2. The maximum atomic E-state index is 12.0. The monoisotopic (exact) mass is 321 g/mol. The number of pyridine rings is 1. The molecule has 116 valence electrons. The Labute approximate surface area is 132 Å². The first-order chi connectivity index (χ1) is 10.7. The molecule has 1 aliphatic heterocycles. The summed E-state index contributed by atoms with van der Waals surface area (Å²) in [7, 11) is 1.63. The SMILES string of the molecule is COCCN1CC(n2cc(-c3ccc(Cl)nc3)nn2)CC1=O. The molecule has 1 aliphatic rings. The van der Waals surface area contributed by atoms with Crippen LogP contribution in [0.1, 0.15) is 12.5 Å². The molecule has 1 atom stereocenters. The summed E-state index contributed by atoms with van der Waals surface area (Å²) in [5, 5.41) is 8.73. The van der Waals surface area contributed by atoms with Gasteiger partial charge in [-0.1, -0.05) is 16.8 Å². The highest BCUT2D eigenvalue weighted by molar-refractivity contribution is 6.29. The smallest absolute Gasteiger partial charge is 0.224 e. The number of rotatable bonds is 5. The van der Waals surface area contributed by atoms with Crippen LogP contribution in [-0.4, -0.2) is 57.6 Å². The molecular formula is C14H16ClN5O2. The lowest BCUT2D eigenvalue weighted by Crippen LogP contribution is -2.29. The van der Waals surface area contributed by atoms with Crippen molar-refractivity contribution in [2.24, 2.45) is 0 Å². The molecule has 0 aromatic carbocycles. The van der Waals surface area contributed by atoms with Crippen LogP contribution in [0.25, 0.3) is 11.3 Å². The minimum absolute atomic E-state index is 0.00543. The third-order valence-corrected chi connectivity index (χ3v) is 3.89. The molecule has 3 rings (SSSR count). The number of hydrogen-bond donors (Lipinski definition) is 0. The fourth-order valence-corrected chi connectivity index (χ4v) is 2.57. The number of halogens is 1. The Balaban J connectivity index is 1.72. The van der Waals surface area contributed by atoms with E-state index in [9.17, 15) is 4.79 Å². The van der Waals surface area contributed by atoms with Gasteiger partial charge in [-0.2, -0.15) is 0 Å². The number of amides is 1. The van der Waals surface area contributed by atoms with Gasteiger partial charge < -0.3 is 9.64 Å². The molecule has 2 aromatic rings. The number of aromatic nitrogens is 4. The van der Waals surface area contributed by atoms with Crippen LogP contribution >= 0.6 is 11.6 Å². The van der Waals surface area contributed by atoms with Gasteiger partial charge in [0, 0.05) is 32.0 Å². The summed E-state index contributed by atoms with van der Waals surface area (Å²) in [6, 6.07) is 3.56. The first-order valence-corrected chi connectivity index (χ1v) is 7.35. The van der Waals surface area contributed by atoms with Gasteiger partial charge in [-0.3, -0.25) is 4.79 Å². The van der Waals surface area contributed by atoms with E-state index in [1.165, 1.54) is 0 Å². The number of methoxy groups -OCH3 is 1. The van der Waals surface area contributed by atoms with Gasteiger partial charge in [0.2, 0.25) is 5.91 Å². The Morgan fingerprint density at radius 1 is 1.45 bits per heavy atom. The Morgan fingerprint density at radius 3 is 3.05 bits per heavy atom. The molecule has 0 spiro atoms. The second kappa shape index (κ2) is 6.41. The number of hydrogen-bond acceptors (Lipinski definition) is 5. The third-order valence-electron chi connectivity index (χ3n) is 3.67. The van der Waals surface area contributed by atoms with E-state index < -0.39 is 0 Å². The van der Waals surface area contributed by atoms with Crippen molar-refractivity contribution in [1.82, 2.24) is 24.9 Å². The number of likely N-dealkylation sites (tertiary alicyclic amines) is 1. The van der Waals surface area contributed by atoms with E-state index in [-0.39, 0.29) is 11.9 Å². The van der Waals surface area contributed by atoms with E-state index in [0.29, 0.717) is 37.0 Å². The Bertz CT molecular complexity index is 658. The van der Waals surface area contributed by atoms with Gasteiger partial charge in [0.05, 0.1) is 25.3 Å². The molecule has 1 amide bonds. The number of carbonyl (C=O) groups excluding carboxylic acids is 1. The van der Waals surface area contributed by atoms with Crippen LogP contribution in [0.5, 0.6) is 0 Å². The van der Waals surface area contributed by atoms with Crippen molar-refractivity contribution in [3.05, 3.63) is 29.7 Å². The first-order valence-electron chi connectivity index (χ1n) is 6.98. The third kappa shape index (κ3) is 3.10. The summed E-state index contributed by atoms with van der Waals surface area (Å²) in [4.78, 5) is 17.8. The predicted molar refractivity (Wildman–Crippen MR) is 80.4 cm³/mol. The van der Waals surface area contributed by atoms with E-state index in [2.05, 4.69) is 15.3 Å². The molecule has 8 heteroatoms. The predicted octanol–water partition coefficient (Wildman–Crippen LogP) is 1.41. The van der Waals surface area contributed by atoms with Crippen LogP contribution in [0.3, 0.4) is 0 Å². The van der Waals surface area contributed by atoms with E-state index >= 15 is 0 Å². The summed E-state index contributed by atoms with van der Waals surface area (Å²) in [5.41, 5.74) is 1.56. The molecule has 1 unspecified atom stereocenters. The zero-order valence-electron chi connectivity index (χ0n) is 12.1. The van der Waals surface area contributed by atoms with Crippen molar-refractivity contribution < 1.29 is 9.53 Å². The highest BCUT2D eigenvalue weighted by atomic mass is 35.5. The second-order valence-electron chi connectivity index (χ2n) is 5.14. The van der Waals surface area contributed by atoms with Gasteiger partial charge in [-0.25, -0.2) is 9.67 Å². The van der Waals surface area contributed by atoms with Crippen LogP contribution in [0.4, 0.5) is 0 Å². The Morgan fingerprint density at radius 2 is 2.32 bits per heavy atom. The topological polar surface area (TPSA) is 73.1 Å². The minimum atomic E-state index is 0.00543. The molecule has 3 heterocycles. The molecule has 1 saturated heterocycles. The first kappa shape index (κ1) is 14.9. The standard InChI is InChI=1S/C14H16ClN5O2/c1-22-5-4-19-8-11(6-14(19)21)20-9-12(17-18-20)10-2-3-13(15)16-7-10/h2-3,7,9,11H,4-6,8H2,1H3. The molecule has 0 aliphatic carbocycles. The number of ether oxygens (including phenoxy) is 1. The zero-order chi connectivity index (χ0) is 15.5. The Kier molecular flexibility index (Phi) is 4.35. The summed E-state index contributed by atoms with van der Waals surface area (Å²) in [6.07, 6.45) is 3.93. The fourth-order valence-electron chi connectivity index (χ4n) is 2.46. The highest BCUT2D eigenvalue weighted by Gasteiger charge is 2.31. The lowest BCUT2D eigenvalue weighted by Gasteiger charge is -2.15. The van der Waals surface area contributed by atoms with Gasteiger partial charge in [-0.05, 0) is 12.1 Å². The van der Waals surface area contributed by atoms with Gasteiger partial charge in [-0.15, -0.1) is 5.10 Å². The van der Waals surface area contributed by atoms with Crippen LogP contribution in [-0.2, 0) is 9.53 Å². The average Bonchev–Trinajstić information content (AvgIpc) is 3.13. The van der Waals surface area contributed by atoms with E-state index in [0.717, 1.165) is 5.56 Å². The summed E-state index contributed by atoms with van der Waals surface area (Å²) in [5.74, 6) is 0.118. The lowest BCUT2D eigenvalue weighted by molar-refractivity contribution is -0.128. The van der Waals surface area contributed by atoms with Crippen LogP contribution in [0.15, 0.2) is 24.5 Å². The number of nitrogens with zero attached hydrogens (tertiary/aromatic N) is 5. The van der Waals surface area contributed by atoms with Crippen molar-refractivity contribution in [3.8, 4) is 11.3 Å². The molecule has 0 bridgehead atoms. The molecule has 2 aromatic heterocycles. The molecule has 7 nitrogen and oxygen atoms in total. The largest absolute Gasteiger partial charge is 0.383 e. The van der Waals surface area contributed by atoms with Gasteiger partial charge >= 0.3 is 0 Å². The van der Waals surface area contributed by atoms with Gasteiger partial charge in [0.1, 0.15) is 10.8 Å². The summed E-state index contributed by atoms with van der Waals surface area (Å²) >= 11 is 5.78. The van der Waals surface area contributed by atoms with Crippen molar-refractivity contribution >= 4 is 17.5 Å². The summed E-state index contributed by atoms with van der Waals surface area (Å²) in [6.45, 7) is 1.77. The van der Waals surface area contributed by atoms with E-state index in [4.69, 9.17) is 16.3 Å². The van der Waals surface area contributed by atoms with Crippen molar-refractivity contribution in [1.29, 1.82) is 0 Å². The van der Waals surface area contributed by atoms with Crippen molar-refractivity contribution in [2.75, 3.05) is 26.8 Å². The highest BCUT2D eigenvalue weighted by Crippen LogP contribution is 2.24. The fraction of sp³-hybridized carbons (Fsp3) is 0.429. The zero-order valence-corrected chi connectivity index (χ0v) is 12.9. The molecule has 1 fully saturated rings. The maximum absolute atomic E-state index is 12.0. The number of carbonyl (C=O) groups is 1. The van der Waals surface area contributed by atoms with Crippen LogP contribution in [0.2, 0.25) is 5.15 Å².